The smallest absolute Gasteiger partial charge is 0.289 e. The van der Waals surface area contributed by atoms with Crippen molar-refractivity contribution in [3.8, 4) is 0 Å². The lowest BCUT2D eigenvalue weighted by Gasteiger charge is -2.25. The van der Waals surface area contributed by atoms with E-state index in [1.165, 1.54) is 0 Å². The van der Waals surface area contributed by atoms with E-state index in [1.54, 1.807) is 43.3 Å². The third kappa shape index (κ3) is 3.18. The van der Waals surface area contributed by atoms with E-state index in [1.807, 2.05) is 7.05 Å². The lowest BCUT2D eigenvalue weighted by molar-refractivity contribution is 0.0748. The Morgan fingerprint density at radius 2 is 2.21 bits per heavy atom. The molecule has 1 fully saturated rings. The Balaban J connectivity index is 1.77. The summed E-state index contributed by atoms with van der Waals surface area (Å²) in [5, 5.41) is 0.482. The van der Waals surface area contributed by atoms with Gasteiger partial charge in [0.05, 0.1) is 17.0 Å². The second kappa shape index (κ2) is 6.70. The molecule has 1 aliphatic rings. The molecule has 7 heteroatoms. The molecule has 1 aromatic heterocycles. The summed E-state index contributed by atoms with van der Waals surface area (Å²) in [5.41, 5.74) is 0.227. The molecule has 2 heterocycles. The van der Waals surface area contributed by atoms with E-state index >= 15 is 0 Å². The SMILES string of the molecule is CO[C@H]1C[C@@H](CN(C)C(=O)c2nc3ccccc3c(=O)[nH]2)N(C)C1. The standard InChI is InChI=1S/C17H22N4O3/c1-20-10-12(24-3)8-11(20)9-21(2)17(23)15-18-14-7-5-4-6-13(14)16(22)19-15/h4-7,11-12H,8-10H2,1-3H3,(H,18,19,22)/t11-,12-/m0/s1. The maximum absolute atomic E-state index is 12.6. The first-order chi connectivity index (χ1) is 11.5. The summed E-state index contributed by atoms with van der Waals surface area (Å²) < 4.78 is 5.40. The highest BCUT2D eigenvalue weighted by molar-refractivity contribution is 5.92. The average Bonchev–Trinajstić information content (AvgIpc) is 2.94. The minimum Gasteiger partial charge on any atom is -0.380 e. The predicted octanol–water partition coefficient (Wildman–Crippen LogP) is 0.714. The number of methoxy groups -OCH3 is 1. The number of hydrogen-bond donors (Lipinski definition) is 1. The molecule has 1 amide bonds. The molecule has 0 unspecified atom stereocenters. The molecule has 0 saturated carbocycles. The van der Waals surface area contributed by atoms with Gasteiger partial charge in [0.1, 0.15) is 0 Å². The molecule has 0 radical (unpaired) electrons. The third-order valence-electron chi connectivity index (χ3n) is 4.63. The zero-order chi connectivity index (χ0) is 17.3. The first-order valence-corrected chi connectivity index (χ1v) is 7.97. The number of carbonyl (C=O) groups excluding carboxylic acids is 1. The first kappa shape index (κ1) is 16.6. The Morgan fingerprint density at radius 1 is 1.46 bits per heavy atom. The number of H-pyrrole nitrogens is 1. The number of para-hydroxylation sites is 1. The highest BCUT2D eigenvalue weighted by Crippen LogP contribution is 2.19. The van der Waals surface area contributed by atoms with Gasteiger partial charge in [0, 0.05) is 33.3 Å². The molecule has 1 aliphatic heterocycles. The molecular formula is C17H22N4O3. The lowest BCUT2D eigenvalue weighted by Crippen LogP contribution is -2.40. The zero-order valence-electron chi connectivity index (χ0n) is 14.2. The number of benzene rings is 1. The Labute approximate surface area is 140 Å². The van der Waals surface area contributed by atoms with Crippen LogP contribution in [0.25, 0.3) is 10.9 Å². The number of aromatic nitrogens is 2. The fraction of sp³-hybridized carbons (Fsp3) is 0.471. The van der Waals surface area contributed by atoms with Crippen LogP contribution in [0, 0.1) is 0 Å². The number of nitrogens with zero attached hydrogens (tertiary/aromatic N) is 3. The number of fused-ring (bicyclic) bond motifs is 1. The van der Waals surface area contributed by atoms with Crippen molar-refractivity contribution in [2.75, 3.05) is 34.3 Å². The molecule has 1 N–H and O–H groups in total. The van der Waals surface area contributed by atoms with Gasteiger partial charge in [-0.3, -0.25) is 14.5 Å². The number of carbonyl (C=O) groups is 1. The normalized spacial score (nSPS) is 21.3. The van der Waals surface area contributed by atoms with Crippen LogP contribution in [0.5, 0.6) is 0 Å². The molecule has 1 saturated heterocycles. The van der Waals surface area contributed by atoms with E-state index in [-0.39, 0.29) is 29.4 Å². The molecule has 7 nitrogen and oxygen atoms in total. The van der Waals surface area contributed by atoms with Crippen LogP contribution >= 0.6 is 0 Å². The molecule has 0 spiro atoms. The summed E-state index contributed by atoms with van der Waals surface area (Å²) in [7, 11) is 5.46. The summed E-state index contributed by atoms with van der Waals surface area (Å²) in [5.74, 6) is -0.211. The van der Waals surface area contributed by atoms with Crippen molar-refractivity contribution >= 4 is 16.8 Å². The van der Waals surface area contributed by atoms with Gasteiger partial charge in [-0.25, -0.2) is 4.98 Å². The minimum atomic E-state index is -0.296. The van der Waals surface area contributed by atoms with E-state index in [0.29, 0.717) is 17.4 Å². The highest BCUT2D eigenvalue weighted by atomic mass is 16.5. The lowest BCUT2D eigenvalue weighted by atomic mass is 10.2. The van der Waals surface area contributed by atoms with Crippen molar-refractivity contribution in [2.24, 2.45) is 0 Å². The van der Waals surface area contributed by atoms with Crippen molar-refractivity contribution in [1.29, 1.82) is 0 Å². The van der Waals surface area contributed by atoms with Gasteiger partial charge in [0.2, 0.25) is 0 Å². The van der Waals surface area contributed by atoms with E-state index < -0.39 is 0 Å². The summed E-state index contributed by atoms with van der Waals surface area (Å²) >= 11 is 0. The number of aromatic amines is 1. The van der Waals surface area contributed by atoms with Gasteiger partial charge in [-0.1, -0.05) is 12.1 Å². The van der Waals surface area contributed by atoms with Crippen molar-refractivity contribution in [3.05, 3.63) is 40.4 Å². The van der Waals surface area contributed by atoms with Crippen molar-refractivity contribution in [1.82, 2.24) is 19.8 Å². The number of ether oxygens (including phenoxy) is 1. The Morgan fingerprint density at radius 3 is 2.92 bits per heavy atom. The van der Waals surface area contributed by atoms with Crippen molar-refractivity contribution < 1.29 is 9.53 Å². The summed E-state index contributed by atoms with van der Waals surface area (Å²) in [4.78, 5) is 35.4. The largest absolute Gasteiger partial charge is 0.380 e. The maximum Gasteiger partial charge on any atom is 0.289 e. The van der Waals surface area contributed by atoms with Crippen LogP contribution in [0.15, 0.2) is 29.1 Å². The number of likely N-dealkylation sites (tertiary alicyclic amines) is 1. The van der Waals surface area contributed by atoms with Crippen LogP contribution < -0.4 is 5.56 Å². The molecule has 0 bridgehead atoms. The highest BCUT2D eigenvalue weighted by Gasteiger charge is 2.31. The first-order valence-electron chi connectivity index (χ1n) is 7.97. The number of likely N-dealkylation sites (N-methyl/N-ethyl adjacent to an activating group) is 2. The average molecular weight is 330 g/mol. The van der Waals surface area contributed by atoms with Gasteiger partial charge in [-0.05, 0) is 25.6 Å². The number of nitrogens with one attached hydrogen (secondary N) is 1. The Hall–Kier alpha value is -2.25. The van der Waals surface area contributed by atoms with Gasteiger partial charge >= 0.3 is 0 Å². The summed E-state index contributed by atoms with van der Waals surface area (Å²) in [6, 6.07) is 7.23. The van der Waals surface area contributed by atoms with Crippen LogP contribution in [-0.4, -0.2) is 72.1 Å². The predicted molar refractivity (Wildman–Crippen MR) is 91.2 cm³/mol. The molecule has 128 valence electrons. The Kier molecular flexibility index (Phi) is 4.64. The van der Waals surface area contributed by atoms with E-state index in [4.69, 9.17) is 4.74 Å². The number of rotatable bonds is 4. The molecule has 24 heavy (non-hydrogen) atoms. The van der Waals surface area contributed by atoms with Crippen LogP contribution in [0.1, 0.15) is 17.0 Å². The van der Waals surface area contributed by atoms with Gasteiger partial charge in [-0.15, -0.1) is 0 Å². The Bertz CT molecular complexity index is 804. The van der Waals surface area contributed by atoms with Crippen LogP contribution in [0.3, 0.4) is 0 Å². The van der Waals surface area contributed by atoms with E-state index in [2.05, 4.69) is 14.9 Å². The molecule has 3 rings (SSSR count). The van der Waals surface area contributed by atoms with E-state index in [0.717, 1.165) is 13.0 Å². The van der Waals surface area contributed by atoms with Crippen LogP contribution in [-0.2, 0) is 4.74 Å². The van der Waals surface area contributed by atoms with Gasteiger partial charge in [-0.2, -0.15) is 0 Å². The second-order valence-electron chi connectivity index (χ2n) is 6.30. The van der Waals surface area contributed by atoms with Gasteiger partial charge in [0.15, 0.2) is 5.82 Å². The molecule has 2 aromatic rings. The topological polar surface area (TPSA) is 78.5 Å². The van der Waals surface area contributed by atoms with E-state index in [9.17, 15) is 9.59 Å². The quantitative estimate of drug-likeness (QED) is 0.893. The van der Waals surface area contributed by atoms with Gasteiger partial charge in [0.25, 0.3) is 11.5 Å². The number of amides is 1. The minimum absolute atomic E-state index is 0.0742. The fourth-order valence-electron chi connectivity index (χ4n) is 3.18. The van der Waals surface area contributed by atoms with Crippen LogP contribution in [0.2, 0.25) is 0 Å². The summed E-state index contributed by atoms with van der Waals surface area (Å²) in [6.07, 6.45) is 1.08. The third-order valence-corrected chi connectivity index (χ3v) is 4.63. The van der Waals surface area contributed by atoms with Crippen molar-refractivity contribution in [3.63, 3.8) is 0 Å². The van der Waals surface area contributed by atoms with Crippen LogP contribution in [0.4, 0.5) is 0 Å². The molecular weight excluding hydrogens is 308 g/mol. The monoisotopic (exact) mass is 330 g/mol. The summed E-state index contributed by atoms with van der Waals surface area (Å²) in [6.45, 7) is 1.42. The molecule has 2 atom stereocenters. The van der Waals surface area contributed by atoms with Gasteiger partial charge < -0.3 is 14.6 Å². The number of hydrogen-bond acceptors (Lipinski definition) is 5. The fourth-order valence-corrected chi connectivity index (χ4v) is 3.18. The zero-order valence-corrected chi connectivity index (χ0v) is 14.2. The molecule has 0 aliphatic carbocycles. The molecule has 1 aromatic carbocycles. The second-order valence-corrected chi connectivity index (χ2v) is 6.30. The van der Waals surface area contributed by atoms with Crippen molar-refractivity contribution in [2.45, 2.75) is 18.6 Å². The maximum atomic E-state index is 12.6.